The third-order valence-electron chi connectivity index (χ3n) is 7.66. The van der Waals surface area contributed by atoms with Crippen LogP contribution in [0.4, 0.5) is 0 Å². The molecule has 10 heteroatoms. The first-order valence-corrected chi connectivity index (χ1v) is 16.1. The summed E-state index contributed by atoms with van der Waals surface area (Å²) in [5.41, 5.74) is 6.65. The zero-order valence-corrected chi connectivity index (χ0v) is 26.4. The van der Waals surface area contributed by atoms with Crippen LogP contribution in [-0.4, -0.2) is 54.4 Å². The van der Waals surface area contributed by atoms with Gasteiger partial charge in [-0.25, -0.2) is 9.97 Å². The number of amides is 1. The molecule has 1 amide bonds. The number of fused-ring (bicyclic) bond motifs is 2. The summed E-state index contributed by atoms with van der Waals surface area (Å²) in [4.78, 5) is 22.4. The summed E-state index contributed by atoms with van der Waals surface area (Å²) in [6, 6.07) is 18.4. The molecule has 0 fully saturated rings. The second-order valence-electron chi connectivity index (χ2n) is 11.5. The van der Waals surface area contributed by atoms with Crippen LogP contribution in [0.2, 0.25) is 0 Å². The van der Waals surface area contributed by atoms with E-state index in [0.29, 0.717) is 61.3 Å². The van der Waals surface area contributed by atoms with Gasteiger partial charge in [-0.3, -0.25) is 9.48 Å². The maximum Gasteiger partial charge on any atom is 0.270 e. The number of benzene rings is 2. The topological polar surface area (TPSA) is 96.1 Å². The number of ether oxygens (including phenoxy) is 2. The van der Waals surface area contributed by atoms with Crippen LogP contribution in [0, 0.1) is 0 Å². The number of carbonyl (C=O) groups excluding carboxylic acids is 1. The van der Waals surface area contributed by atoms with Crippen molar-refractivity contribution in [1.29, 1.82) is 0 Å². The van der Waals surface area contributed by atoms with E-state index in [2.05, 4.69) is 67.2 Å². The number of rotatable bonds is 12. The third kappa shape index (κ3) is 6.37. The van der Waals surface area contributed by atoms with Gasteiger partial charge in [-0.15, -0.1) is 0 Å². The highest BCUT2D eigenvalue weighted by Gasteiger charge is 2.29. The highest BCUT2D eigenvalue weighted by atomic mass is 32.2. The fourth-order valence-corrected chi connectivity index (χ4v) is 6.02. The van der Waals surface area contributed by atoms with Crippen molar-refractivity contribution in [2.45, 2.75) is 58.7 Å². The van der Waals surface area contributed by atoms with Crippen LogP contribution in [0.5, 0.6) is 5.75 Å². The molecule has 1 aliphatic heterocycles. The molecule has 0 radical (unpaired) electrons. The molecule has 0 unspecified atom stereocenters. The molecule has 0 atom stereocenters. The standard InChI is InChI=1S/C34H38N6O3S/c1-22(2)25-7-5-24(6-8-25)19-43-27-11-9-26(10-12-27)29-31(38-40-16-14-35-34(41)32(29)40)30-28-13-15-39(33(28)37-20-36-30)21-42-17-18-44-23(3)4/h5-13,15,20,22-23H,14,16-19,21H2,1-4H3,(H,35,41). The summed E-state index contributed by atoms with van der Waals surface area (Å²) in [7, 11) is 0. The van der Waals surface area contributed by atoms with Gasteiger partial charge >= 0.3 is 0 Å². The fourth-order valence-electron chi connectivity index (χ4n) is 5.34. The van der Waals surface area contributed by atoms with E-state index in [1.165, 1.54) is 5.56 Å². The lowest BCUT2D eigenvalue weighted by atomic mass is 9.99. The number of hydrogen-bond donors (Lipinski definition) is 1. The molecule has 1 aliphatic rings. The van der Waals surface area contributed by atoms with Gasteiger partial charge in [-0.2, -0.15) is 16.9 Å². The lowest BCUT2D eigenvalue weighted by molar-refractivity contribution is 0.0923. The maximum absolute atomic E-state index is 13.1. The van der Waals surface area contributed by atoms with Crippen molar-refractivity contribution in [2.75, 3.05) is 18.9 Å². The number of aromatic nitrogens is 5. The molecule has 3 aromatic heterocycles. The lowest BCUT2D eigenvalue weighted by Gasteiger charge is -2.15. The Labute approximate surface area is 262 Å². The van der Waals surface area contributed by atoms with Crippen molar-refractivity contribution in [3.63, 3.8) is 0 Å². The third-order valence-corrected chi connectivity index (χ3v) is 8.73. The van der Waals surface area contributed by atoms with Crippen molar-refractivity contribution in [1.82, 2.24) is 29.6 Å². The van der Waals surface area contributed by atoms with Crippen LogP contribution < -0.4 is 10.1 Å². The predicted molar refractivity (Wildman–Crippen MR) is 175 cm³/mol. The fraction of sp³-hybridized carbons (Fsp3) is 0.353. The van der Waals surface area contributed by atoms with Gasteiger partial charge in [-0.05, 0) is 46.1 Å². The van der Waals surface area contributed by atoms with Crippen LogP contribution in [0.3, 0.4) is 0 Å². The molecule has 44 heavy (non-hydrogen) atoms. The molecule has 5 aromatic rings. The van der Waals surface area contributed by atoms with E-state index in [1.807, 2.05) is 52.9 Å². The number of hydrogen-bond acceptors (Lipinski definition) is 7. The molecule has 9 nitrogen and oxygen atoms in total. The normalized spacial score (nSPS) is 13.1. The first kappa shape index (κ1) is 29.9. The molecule has 0 saturated carbocycles. The van der Waals surface area contributed by atoms with Crippen LogP contribution in [-0.2, 0) is 24.6 Å². The maximum atomic E-state index is 13.1. The van der Waals surface area contributed by atoms with Gasteiger partial charge in [0.25, 0.3) is 5.91 Å². The Morgan fingerprint density at radius 3 is 2.52 bits per heavy atom. The summed E-state index contributed by atoms with van der Waals surface area (Å²) in [6.07, 6.45) is 3.51. The van der Waals surface area contributed by atoms with Crippen LogP contribution in [0.15, 0.2) is 67.1 Å². The van der Waals surface area contributed by atoms with E-state index >= 15 is 0 Å². The Morgan fingerprint density at radius 1 is 0.977 bits per heavy atom. The van der Waals surface area contributed by atoms with Crippen LogP contribution >= 0.6 is 11.8 Å². The number of carbonyl (C=O) groups is 1. The minimum atomic E-state index is -0.147. The molecule has 1 N–H and O–H groups in total. The quantitative estimate of drug-likeness (QED) is 0.161. The Bertz CT molecular complexity index is 1740. The molecule has 0 bridgehead atoms. The van der Waals surface area contributed by atoms with Crippen molar-refractivity contribution >= 4 is 28.7 Å². The van der Waals surface area contributed by atoms with E-state index in [4.69, 9.17) is 14.6 Å². The molecule has 6 rings (SSSR count). The Morgan fingerprint density at radius 2 is 1.77 bits per heavy atom. The lowest BCUT2D eigenvalue weighted by Crippen LogP contribution is -2.35. The van der Waals surface area contributed by atoms with Crippen molar-refractivity contribution in [2.24, 2.45) is 0 Å². The van der Waals surface area contributed by atoms with Crippen molar-refractivity contribution in [3.05, 3.63) is 83.9 Å². The average molecular weight is 611 g/mol. The van der Waals surface area contributed by atoms with Gasteiger partial charge < -0.3 is 19.4 Å². The summed E-state index contributed by atoms with van der Waals surface area (Å²) in [6.45, 7) is 11.4. The molecule has 0 spiro atoms. The zero-order valence-electron chi connectivity index (χ0n) is 25.6. The van der Waals surface area contributed by atoms with Crippen LogP contribution in [0.1, 0.15) is 55.2 Å². The highest BCUT2D eigenvalue weighted by Crippen LogP contribution is 2.38. The van der Waals surface area contributed by atoms with E-state index in [-0.39, 0.29) is 5.91 Å². The molecular formula is C34H38N6O3S. The summed E-state index contributed by atoms with van der Waals surface area (Å²) >= 11 is 1.88. The van der Waals surface area contributed by atoms with Gasteiger partial charge in [0.05, 0.1) is 13.2 Å². The van der Waals surface area contributed by atoms with Gasteiger partial charge in [0.1, 0.15) is 48.1 Å². The molecule has 0 saturated heterocycles. The minimum absolute atomic E-state index is 0.147. The van der Waals surface area contributed by atoms with Gasteiger partial charge in [0, 0.05) is 29.4 Å². The summed E-state index contributed by atoms with van der Waals surface area (Å²) in [5, 5.41) is 9.33. The molecule has 2 aromatic carbocycles. The zero-order chi connectivity index (χ0) is 30.6. The molecular weight excluding hydrogens is 572 g/mol. The highest BCUT2D eigenvalue weighted by molar-refractivity contribution is 7.99. The molecule has 4 heterocycles. The van der Waals surface area contributed by atoms with E-state index in [0.717, 1.165) is 39.2 Å². The molecule has 0 aliphatic carbocycles. The Hall–Kier alpha value is -4.15. The van der Waals surface area contributed by atoms with Crippen molar-refractivity contribution < 1.29 is 14.3 Å². The van der Waals surface area contributed by atoms with Gasteiger partial charge in [0.2, 0.25) is 0 Å². The smallest absolute Gasteiger partial charge is 0.270 e. The first-order valence-electron chi connectivity index (χ1n) is 15.1. The molecule has 228 valence electrons. The van der Waals surface area contributed by atoms with Crippen LogP contribution in [0.25, 0.3) is 33.5 Å². The van der Waals surface area contributed by atoms with Crippen molar-refractivity contribution in [3.8, 4) is 28.3 Å². The average Bonchev–Trinajstić information content (AvgIpc) is 3.63. The minimum Gasteiger partial charge on any atom is -0.489 e. The Kier molecular flexibility index (Phi) is 8.99. The number of nitrogens with zero attached hydrogens (tertiary/aromatic N) is 5. The first-order chi connectivity index (χ1) is 21.4. The second-order valence-corrected chi connectivity index (χ2v) is 13.1. The monoisotopic (exact) mass is 610 g/mol. The number of nitrogens with one attached hydrogen (secondary N) is 1. The van der Waals surface area contributed by atoms with E-state index in [1.54, 1.807) is 11.0 Å². The predicted octanol–water partition coefficient (Wildman–Crippen LogP) is 6.52. The SMILES string of the molecule is CC(C)SCCOCn1ccc2c(-c3nn4c(c3-c3ccc(OCc5ccc(C(C)C)cc5)cc3)C(=O)NCC4)ncnc21. The van der Waals surface area contributed by atoms with Gasteiger partial charge in [0.15, 0.2) is 0 Å². The second kappa shape index (κ2) is 13.2. The Balaban J connectivity index is 1.28. The van der Waals surface area contributed by atoms with E-state index < -0.39 is 0 Å². The largest absolute Gasteiger partial charge is 0.489 e. The summed E-state index contributed by atoms with van der Waals surface area (Å²) < 4.78 is 15.8. The number of thioether (sulfide) groups is 1. The van der Waals surface area contributed by atoms with E-state index in [9.17, 15) is 4.79 Å². The summed E-state index contributed by atoms with van der Waals surface area (Å²) in [5.74, 6) is 2.04. The van der Waals surface area contributed by atoms with Gasteiger partial charge in [-0.1, -0.05) is 64.1 Å².